The van der Waals surface area contributed by atoms with Gasteiger partial charge in [-0.2, -0.15) is 0 Å². The average molecular weight is 499 g/mol. The number of phenolic OH excluding ortho intramolecular Hbond substituents is 1. The molecule has 0 aliphatic rings. The number of para-hydroxylation sites is 1. The van der Waals surface area contributed by atoms with E-state index in [9.17, 15) is 10.00 Å². The van der Waals surface area contributed by atoms with Gasteiger partial charge in [0.05, 0.1) is 0 Å². The number of aryl methyl sites for hydroxylation is 2. The normalized spacial score (nSPS) is 13.0. The average Bonchev–Trinajstić information content (AvgIpc) is 2.70. The van der Waals surface area contributed by atoms with Gasteiger partial charge in [0.25, 0.3) is 0 Å². The van der Waals surface area contributed by atoms with Crippen LogP contribution in [0.2, 0.25) is 0 Å². The molecular formula is C28H35O4PS. The van der Waals surface area contributed by atoms with Gasteiger partial charge in [-0.05, 0) is 72.2 Å². The van der Waals surface area contributed by atoms with Crippen LogP contribution < -0.4 is 9.05 Å². The lowest BCUT2D eigenvalue weighted by molar-refractivity contribution is 0.376. The molecule has 3 aromatic rings. The van der Waals surface area contributed by atoms with Crippen molar-refractivity contribution in [3.63, 3.8) is 0 Å². The van der Waals surface area contributed by atoms with Crippen LogP contribution in [0, 0.1) is 13.8 Å². The highest BCUT2D eigenvalue weighted by Gasteiger charge is 2.25. The Balaban J connectivity index is 1.95. The summed E-state index contributed by atoms with van der Waals surface area (Å²) in [5, 5.41) is 10.5. The molecule has 34 heavy (non-hydrogen) atoms. The highest BCUT2D eigenvalue weighted by molar-refractivity contribution is 7.99. The Morgan fingerprint density at radius 2 is 1.26 bits per heavy atom. The standard InChI is InChI=1S/C28H35O4PS/c1-18-14-23(29)21(27(3,4)5)16-25(18)34-26-17-22(28(6,7)8)24(15-19(26)2)32-33(30)31-20-12-10-9-11-13-20/h9-17,29-30H,1-8H3. The summed E-state index contributed by atoms with van der Waals surface area (Å²) in [7, 11) is -2.13. The number of aromatic hydroxyl groups is 1. The van der Waals surface area contributed by atoms with Crippen LogP contribution in [0.5, 0.6) is 17.2 Å². The second kappa shape index (κ2) is 10.2. The molecule has 3 aromatic carbocycles. The van der Waals surface area contributed by atoms with Gasteiger partial charge in [0.15, 0.2) is 0 Å². The molecule has 6 heteroatoms. The van der Waals surface area contributed by atoms with Crippen LogP contribution in [-0.2, 0) is 10.8 Å². The zero-order chi connectivity index (χ0) is 25.3. The zero-order valence-corrected chi connectivity index (χ0v) is 23.0. The fourth-order valence-electron chi connectivity index (χ4n) is 3.61. The van der Waals surface area contributed by atoms with Crippen molar-refractivity contribution in [1.82, 2.24) is 0 Å². The molecule has 0 radical (unpaired) electrons. The summed E-state index contributed by atoms with van der Waals surface area (Å²) >= 11 is 1.69. The summed E-state index contributed by atoms with van der Waals surface area (Å²) in [6.07, 6.45) is 0. The van der Waals surface area contributed by atoms with Crippen LogP contribution in [0.1, 0.15) is 63.8 Å². The van der Waals surface area contributed by atoms with E-state index in [-0.39, 0.29) is 10.8 Å². The van der Waals surface area contributed by atoms with Crippen LogP contribution in [0.4, 0.5) is 0 Å². The van der Waals surface area contributed by atoms with Crippen LogP contribution in [-0.4, -0.2) is 10.00 Å². The van der Waals surface area contributed by atoms with Crippen molar-refractivity contribution in [2.45, 2.75) is 76.0 Å². The monoisotopic (exact) mass is 498 g/mol. The minimum atomic E-state index is -2.13. The van der Waals surface area contributed by atoms with Gasteiger partial charge in [0.1, 0.15) is 17.2 Å². The van der Waals surface area contributed by atoms with Gasteiger partial charge in [-0.3, -0.25) is 0 Å². The molecule has 0 aliphatic carbocycles. The summed E-state index contributed by atoms with van der Waals surface area (Å²) in [6.45, 7) is 16.7. The third-order valence-corrected chi connectivity index (χ3v) is 7.55. The SMILES string of the molecule is Cc1cc(O)c(C(C)(C)C)cc1Sc1cc(C(C)(C)C)c(OP(O)Oc2ccccc2)cc1C. The van der Waals surface area contributed by atoms with Gasteiger partial charge in [0.2, 0.25) is 0 Å². The molecule has 3 rings (SSSR count). The minimum Gasteiger partial charge on any atom is -0.508 e. The Morgan fingerprint density at radius 3 is 1.82 bits per heavy atom. The first kappa shape index (κ1) is 26.4. The van der Waals surface area contributed by atoms with Crippen molar-refractivity contribution in [2.24, 2.45) is 0 Å². The first-order valence-corrected chi connectivity index (χ1v) is 13.3. The van der Waals surface area contributed by atoms with Crippen LogP contribution in [0.3, 0.4) is 0 Å². The number of rotatable bonds is 6. The second-order valence-electron chi connectivity index (χ2n) is 10.6. The van der Waals surface area contributed by atoms with Gasteiger partial charge in [-0.25, -0.2) is 0 Å². The van der Waals surface area contributed by atoms with Gasteiger partial charge < -0.3 is 19.0 Å². The van der Waals surface area contributed by atoms with E-state index in [2.05, 4.69) is 53.7 Å². The Bertz CT molecular complexity index is 1150. The molecule has 0 aliphatic heterocycles. The van der Waals surface area contributed by atoms with Crippen molar-refractivity contribution in [1.29, 1.82) is 0 Å². The van der Waals surface area contributed by atoms with E-state index in [4.69, 9.17) is 9.05 Å². The van der Waals surface area contributed by atoms with Gasteiger partial charge in [-0.15, -0.1) is 0 Å². The zero-order valence-electron chi connectivity index (χ0n) is 21.3. The fourth-order valence-corrected chi connectivity index (χ4v) is 5.30. The number of hydrogen-bond acceptors (Lipinski definition) is 5. The largest absolute Gasteiger partial charge is 0.508 e. The molecule has 0 bridgehead atoms. The van der Waals surface area contributed by atoms with E-state index >= 15 is 0 Å². The molecular weight excluding hydrogens is 463 g/mol. The maximum absolute atomic E-state index is 10.5. The Labute approximate surface area is 209 Å². The van der Waals surface area contributed by atoms with Crippen molar-refractivity contribution in [3.8, 4) is 17.2 Å². The lowest BCUT2D eigenvalue weighted by atomic mass is 9.86. The molecule has 1 unspecified atom stereocenters. The van der Waals surface area contributed by atoms with Crippen LogP contribution >= 0.6 is 20.4 Å². The van der Waals surface area contributed by atoms with E-state index in [1.165, 1.54) is 0 Å². The van der Waals surface area contributed by atoms with Crippen LogP contribution in [0.15, 0.2) is 64.4 Å². The van der Waals surface area contributed by atoms with Crippen molar-refractivity contribution in [3.05, 3.63) is 76.9 Å². The van der Waals surface area contributed by atoms with E-state index in [0.717, 1.165) is 32.0 Å². The van der Waals surface area contributed by atoms with E-state index in [1.807, 2.05) is 44.2 Å². The molecule has 0 spiro atoms. The maximum Gasteiger partial charge on any atom is 0.460 e. The number of benzene rings is 3. The smallest absolute Gasteiger partial charge is 0.460 e. The summed E-state index contributed by atoms with van der Waals surface area (Å²) in [5.74, 6) is 1.52. The quantitative estimate of drug-likeness (QED) is 0.334. The van der Waals surface area contributed by atoms with E-state index < -0.39 is 8.60 Å². The lowest BCUT2D eigenvalue weighted by Gasteiger charge is -2.26. The number of phenols is 1. The third kappa shape index (κ3) is 6.47. The third-order valence-electron chi connectivity index (χ3n) is 5.51. The first-order valence-electron chi connectivity index (χ1n) is 11.3. The summed E-state index contributed by atoms with van der Waals surface area (Å²) < 4.78 is 11.5. The van der Waals surface area contributed by atoms with Crippen LogP contribution in [0.25, 0.3) is 0 Å². The predicted molar refractivity (Wildman–Crippen MR) is 142 cm³/mol. The molecule has 182 valence electrons. The molecule has 0 saturated carbocycles. The molecule has 4 nitrogen and oxygen atoms in total. The molecule has 0 aromatic heterocycles. The fraction of sp³-hybridized carbons (Fsp3) is 0.357. The summed E-state index contributed by atoms with van der Waals surface area (Å²) in [6, 6.07) is 17.2. The molecule has 0 fully saturated rings. The van der Waals surface area contributed by atoms with Gasteiger partial charge in [-0.1, -0.05) is 71.5 Å². The highest BCUT2D eigenvalue weighted by atomic mass is 32.2. The predicted octanol–water partition coefficient (Wildman–Crippen LogP) is 8.43. The maximum atomic E-state index is 10.5. The van der Waals surface area contributed by atoms with E-state index in [1.54, 1.807) is 23.9 Å². The summed E-state index contributed by atoms with van der Waals surface area (Å²) in [5.41, 5.74) is 3.63. The Kier molecular flexibility index (Phi) is 7.92. The number of hydrogen-bond donors (Lipinski definition) is 2. The molecule has 1 atom stereocenters. The Hall–Kier alpha value is -2.20. The topological polar surface area (TPSA) is 58.9 Å². The summed E-state index contributed by atoms with van der Waals surface area (Å²) in [4.78, 5) is 12.7. The lowest BCUT2D eigenvalue weighted by Crippen LogP contribution is -2.14. The van der Waals surface area contributed by atoms with Crippen molar-refractivity contribution in [2.75, 3.05) is 0 Å². The second-order valence-corrected chi connectivity index (χ2v) is 12.5. The molecule has 0 saturated heterocycles. The molecule has 2 N–H and O–H groups in total. The van der Waals surface area contributed by atoms with Crippen molar-refractivity contribution >= 4 is 20.4 Å². The molecule has 0 heterocycles. The van der Waals surface area contributed by atoms with Gasteiger partial charge >= 0.3 is 8.60 Å². The van der Waals surface area contributed by atoms with Crippen molar-refractivity contribution < 1.29 is 19.0 Å². The minimum absolute atomic E-state index is 0.159. The highest BCUT2D eigenvalue weighted by Crippen LogP contribution is 2.45. The van der Waals surface area contributed by atoms with Gasteiger partial charge in [0, 0.05) is 20.9 Å². The Morgan fingerprint density at radius 1 is 0.735 bits per heavy atom. The molecule has 0 amide bonds. The first-order chi connectivity index (χ1) is 15.8. The van der Waals surface area contributed by atoms with E-state index in [0.29, 0.717) is 17.2 Å².